The van der Waals surface area contributed by atoms with E-state index in [2.05, 4.69) is 31.9 Å². The third-order valence-electron chi connectivity index (χ3n) is 2.33. The smallest absolute Gasteiger partial charge is 0.244 e. The Bertz CT molecular complexity index is 499. The molecule has 0 heterocycles. The summed E-state index contributed by atoms with van der Waals surface area (Å²) in [5.41, 5.74) is 0. The number of sulfonamides is 1. The van der Waals surface area contributed by atoms with Crippen LogP contribution in [0, 0.1) is 0 Å². The van der Waals surface area contributed by atoms with Gasteiger partial charge in [-0.3, -0.25) is 0 Å². The summed E-state index contributed by atoms with van der Waals surface area (Å²) in [5.74, 6) is 0. The van der Waals surface area contributed by atoms with Crippen molar-refractivity contribution in [2.24, 2.45) is 0 Å². The van der Waals surface area contributed by atoms with Crippen LogP contribution in [0.15, 0.2) is 32.0 Å². The standard InChI is InChI=1S/C11H15Br2NO3S/c1-2-5-14(6-7-15)18(16,17)11-8-9(12)3-4-10(11)13/h3-4,8,15H,2,5-7H2,1H3. The Balaban J connectivity index is 3.21. The van der Waals surface area contributed by atoms with E-state index in [0.717, 1.165) is 0 Å². The first kappa shape index (κ1) is 16.1. The van der Waals surface area contributed by atoms with Gasteiger partial charge in [-0.25, -0.2) is 8.42 Å². The lowest BCUT2D eigenvalue weighted by atomic mass is 10.4. The summed E-state index contributed by atoms with van der Waals surface area (Å²) >= 11 is 6.51. The molecule has 0 amide bonds. The number of halogens is 2. The summed E-state index contributed by atoms with van der Waals surface area (Å²) in [6.45, 7) is 2.21. The molecular formula is C11H15Br2NO3S. The molecule has 18 heavy (non-hydrogen) atoms. The van der Waals surface area contributed by atoms with Crippen molar-refractivity contribution in [3.05, 3.63) is 27.1 Å². The van der Waals surface area contributed by atoms with E-state index in [1.807, 2.05) is 6.92 Å². The Kier molecular flexibility index (Phi) is 6.26. The van der Waals surface area contributed by atoms with Gasteiger partial charge in [-0.15, -0.1) is 0 Å². The highest BCUT2D eigenvalue weighted by Crippen LogP contribution is 2.28. The summed E-state index contributed by atoms with van der Waals surface area (Å²) < 4.78 is 27.4. The van der Waals surface area contributed by atoms with Gasteiger partial charge in [-0.05, 0) is 40.5 Å². The Labute approximate surface area is 124 Å². The fraction of sp³-hybridized carbons (Fsp3) is 0.455. The zero-order chi connectivity index (χ0) is 13.8. The summed E-state index contributed by atoms with van der Waals surface area (Å²) in [6.07, 6.45) is 0.699. The largest absolute Gasteiger partial charge is 0.395 e. The van der Waals surface area contributed by atoms with Gasteiger partial charge >= 0.3 is 0 Å². The minimum absolute atomic E-state index is 0.106. The summed E-state index contributed by atoms with van der Waals surface area (Å²) in [4.78, 5) is 0.207. The Morgan fingerprint density at radius 1 is 1.28 bits per heavy atom. The molecule has 0 saturated heterocycles. The van der Waals surface area contributed by atoms with Gasteiger partial charge in [-0.1, -0.05) is 22.9 Å². The van der Waals surface area contributed by atoms with Crippen molar-refractivity contribution in [3.8, 4) is 0 Å². The summed E-state index contributed by atoms with van der Waals surface area (Å²) in [7, 11) is -3.58. The first-order valence-electron chi connectivity index (χ1n) is 5.49. The molecule has 0 aromatic heterocycles. The molecule has 0 saturated carbocycles. The van der Waals surface area contributed by atoms with Crippen LogP contribution in [0.1, 0.15) is 13.3 Å². The Morgan fingerprint density at radius 2 is 1.94 bits per heavy atom. The number of nitrogens with zero attached hydrogens (tertiary/aromatic N) is 1. The van der Waals surface area contributed by atoms with E-state index in [0.29, 0.717) is 21.9 Å². The molecule has 0 aliphatic rings. The van der Waals surface area contributed by atoms with Crippen LogP contribution in [0.2, 0.25) is 0 Å². The number of rotatable bonds is 6. The quantitative estimate of drug-likeness (QED) is 0.798. The maximum atomic E-state index is 12.4. The highest BCUT2D eigenvalue weighted by atomic mass is 79.9. The molecule has 1 aromatic rings. The molecular weight excluding hydrogens is 386 g/mol. The van der Waals surface area contributed by atoms with E-state index >= 15 is 0 Å². The molecule has 1 aromatic carbocycles. The van der Waals surface area contributed by atoms with Crippen molar-refractivity contribution in [2.75, 3.05) is 19.7 Å². The van der Waals surface area contributed by atoms with Crippen LogP contribution in [0.4, 0.5) is 0 Å². The van der Waals surface area contributed by atoms with Gasteiger partial charge in [-0.2, -0.15) is 4.31 Å². The predicted molar refractivity (Wildman–Crippen MR) is 78.0 cm³/mol. The zero-order valence-corrected chi connectivity index (χ0v) is 13.9. The van der Waals surface area contributed by atoms with Crippen molar-refractivity contribution in [3.63, 3.8) is 0 Å². The fourth-order valence-corrected chi connectivity index (χ4v) is 4.51. The van der Waals surface area contributed by atoms with E-state index in [-0.39, 0.29) is 18.0 Å². The minimum Gasteiger partial charge on any atom is -0.395 e. The Morgan fingerprint density at radius 3 is 2.50 bits per heavy atom. The number of benzene rings is 1. The van der Waals surface area contributed by atoms with Crippen molar-refractivity contribution >= 4 is 41.9 Å². The van der Waals surface area contributed by atoms with Crippen LogP contribution in [0.25, 0.3) is 0 Å². The fourth-order valence-electron chi connectivity index (χ4n) is 1.53. The van der Waals surface area contributed by atoms with Gasteiger partial charge < -0.3 is 5.11 Å². The first-order chi connectivity index (χ1) is 8.43. The minimum atomic E-state index is -3.58. The Hall–Kier alpha value is 0.0500. The molecule has 4 nitrogen and oxygen atoms in total. The van der Waals surface area contributed by atoms with Crippen LogP contribution in [-0.2, 0) is 10.0 Å². The van der Waals surface area contributed by atoms with Crippen molar-refractivity contribution in [1.29, 1.82) is 0 Å². The number of hydrogen-bond acceptors (Lipinski definition) is 3. The molecule has 0 spiro atoms. The first-order valence-corrected chi connectivity index (χ1v) is 8.52. The second kappa shape index (κ2) is 7.00. The van der Waals surface area contributed by atoms with Crippen LogP contribution in [-0.4, -0.2) is 37.5 Å². The molecule has 0 bridgehead atoms. The molecule has 0 radical (unpaired) electrons. The molecule has 0 aliphatic carbocycles. The van der Waals surface area contributed by atoms with Crippen LogP contribution < -0.4 is 0 Å². The third kappa shape index (κ3) is 3.77. The molecule has 0 fully saturated rings. The van der Waals surface area contributed by atoms with Gasteiger partial charge in [0.05, 0.1) is 11.5 Å². The van der Waals surface area contributed by atoms with Crippen LogP contribution in [0.3, 0.4) is 0 Å². The van der Waals surface area contributed by atoms with Crippen molar-refractivity contribution in [2.45, 2.75) is 18.2 Å². The topological polar surface area (TPSA) is 57.6 Å². The number of aliphatic hydroxyl groups is 1. The lowest BCUT2D eigenvalue weighted by molar-refractivity contribution is 0.253. The maximum Gasteiger partial charge on any atom is 0.244 e. The van der Waals surface area contributed by atoms with Gasteiger partial charge in [0.2, 0.25) is 10.0 Å². The highest BCUT2D eigenvalue weighted by Gasteiger charge is 2.25. The molecule has 1 rings (SSSR count). The molecule has 0 unspecified atom stereocenters. The average Bonchev–Trinajstić information content (AvgIpc) is 2.32. The van der Waals surface area contributed by atoms with Crippen molar-refractivity contribution in [1.82, 2.24) is 4.31 Å². The summed E-state index contributed by atoms with van der Waals surface area (Å²) in [6, 6.07) is 5.00. The van der Waals surface area contributed by atoms with E-state index < -0.39 is 10.0 Å². The predicted octanol–water partition coefficient (Wildman–Crippen LogP) is 2.60. The highest BCUT2D eigenvalue weighted by molar-refractivity contribution is 9.11. The molecule has 0 atom stereocenters. The molecule has 102 valence electrons. The zero-order valence-electron chi connectivity index (χ0n) is 9.94. The second-order valence-corrected chi connectivity index (χ2v) is 7.38. The number of aliphatic hydroxyl groups excluding tert-OH is 1. The third-order valence-corrected chi connectivity index (χ3v) is 5.72. The van der Waals surface area contributed by atoms with E-state index in [4.69, 9.17) is 5.11 Å². The normalized spacial score (nSPS) is 12.1. The average molecular weight is 401 g/mol. The van der Waals surface area contributed by atoms with Gasteiger partial charge in [0.15, 0.2) is 0 Å². The van der Waals surface area contributed by atoms with Crippen LogP contribution in [0.5, 0.6) is 0 Å². The van der Waals surface area contributed by atoms with Crippen LogP contribution >= 0.6 is 31.9 Å². The van der Waals surface area contributed by atoms with Gasteiger partial charge in [0.1, 0.15) is 0 Å². The lowest BCUT2D eigenvalue weighted by Gasteiger charge is -2.21. The monoisotopic (exact) mass is 399 g/mol. The van der Waals surface area contributed by atoms with E-state index in [9.17, 15) is 8.42 Å². The molecule has 1 N–H and O–H groups in total. The summed E-state index contributed by atoms with van der Waals surface area (Å²) in [5, 5.41) is 8.97. The molecule has 7 heteroatoms. The maximum absolute atomic E-state index is 12.4. The van der Waals surface area contributed by atoms with E-state index in [1.165, 1.54) is 4.31 Å². The van der Waals surface area contributed by atoms with Gasteiger partial charge in [0, 0.05) is 22.0 Å². The van der Waals surface area contributed by atoms with Gasteiger partial charge in [0.25, 0.3) is 0 Å². The molecule has 0 aliphatic heterocycles. The van der Waals surface area contributed by atoms with Crippen molar-refractivity contribution < 1.29 is 13.5 Å². The SMILES string of the molecule is CCCN(CCO)S(=O)(=O)c1cc(Br)ccc1Br. The number of hydrogen-bond donors (Lipinski definition) is 1. The second-order valence-electron chi connectivity index (χ2n) is 3.70. The lowest BCUT2D eigenvalue weighted by Crippen LogP contribution is -2.34. The van der Waals surface area contributed by atoms with E-state index in [1.54, 1.807) is 18.2 Å².